The monoisotopic (exact) mass is 567 g/mol. The molecule has 3 N–H and O–H groups in total. The third kappa shape index (κ3) is 6.33. The van der Waals surface area contributed by atoms with Gasteiger partial charge >= 0.3 is 6.18 Å². The van der Waals surface area contributed by atoms with Crippen molar-refractivity contribution in [2.24, 2.45) is 7.05 Å². The molecule has 1 aliphatic rings. The normalized spacial score (nSPS) is 14.5. The van der Waals surface area contributed by atoms with Gasteiger partial charge in [0.25, 0.3) is 11.8 Å². The van der Waals surface area contributed by atoms with Crippen molar-refractivity contribution in [3.63, 3.8) is 0 Å². The van der Waals surface area contributed by atoms with E-state index >= 15 is 0 Å². The lowest BCUT2D eigenvalue weighted by Crippen LogP contribution is -2.47. The number of nitrogens with zero attached hydrogens (tertiary/aromatic N) is 3. The maximum absolute atomic E-state index is 13.4. The van der Waals surface area contributed by atoms with Crippen molar-refractivity contribution in [2.75, 3.05) is 31.6 Å². The minimum atomic E-state index is -4.66. The minimum Gasteiger partial charge on any atom is -0.481 e. The van der Waals surface area contributed by atoms with Gasteiger partial charge in [0.05, 0.1) is 21.6 Å². The molecule has 0 spiro atoms. The number of anilines is 1. The zero-order valence-corrected chi connectivity index (χ0v) is 22.1. The highest BCUT2D eigenvalue weighted by Crippen LogP contribution is 2.36. The van der Waals surface area contributed by atoms with Gasteiger partial charge in [-0.1, -0.05) is 13.0 Å². The number of aliphatic hydroxyl groups is 1. The van der Waals surface area contributed by atoms with Gasteiger partial charge in [-0.15, -0.1) is 11.3 Å². The summed E-state index contributed by atoms with van der Waals surface area (Å²) in [6.45, 7) is 0.244. The zero-order valence-electron chi connectivity index (χ0n) is 21.3. The Bertz CT molecular complexity index is 1360. The number of aromatic nitrogens is 2. The molecule has 3 aromatic rings. The Kier molecular flexibility index (Phi) is 8.45. The summed E-state index contributed by atoms with van der Waals surface area (Å²) in [4.78, 5) is 44.3. The summed E-state index contributed by atoms with van der Waals surface area (Å²) in [5.74, 6) is -1.74. The first-order valence-electron chi connectivity index (χ1n) is 12.3. The summed E-state index contributed by atoms with van der Waals surface area (Å²) in [5.41, 5.74) is 0.882. The van der Waals surface area contributed by atoms with Gasteiger partial charge in [-0.2, -0.15) is 13.2 Å². The summed E-state index contributed by atoms with van der Waals surface area (Å²) in [7, 11) is 1.51. The number of carbonyl (C=O) groups is 3. The van der Waals surface area contributed by atoms with E-state index in [1.54, 1.807) is 17.5 Å². The molecular weight excluding hydrogens is 539 g/mol. The number of aryl methyl sites for hydroxylation is 2. The molecule has 1 saturated heterocycles. The number of piperidine rings is 1. The number of hydrogen-bond donors (Lipinski definition) is 3. The first-order chi connectivity index (χ1) is 18.5. The van der Waals surface area contributed by atoms with E-state index < -0.39 is 37.1 Å². The van der Waals surface area contributed by atoms with Crippen molar-refractivity contribution in [2.45, 2.75) is 38.4 Å². The molecule has 0 atom stereocenters. The number of fused-ring (bicyclic) bond motifs is 1. The van der Waals surface area contributed by atoms with Crippen LogP contribution in [0.5, 0.6) is 5.75 Å². The summed E-state index contributed by atoms with van der Waals surface area (Å²) < 4.78 is 46.0. The topological polar surface area (TPSA) is 126 Å². The van der Waals surface area contributed by atoms with Crippen LogP contribution in [0.3, 0.4) is 0 Å². The van der Waals surface area contributed by atoms with Gasteiger partial charge in [-0.25, -0.2) is 4.98 Å². The Morgan fingerprint density at radius 2 is 1.95 bits per heavy atom. The summed E-state index contributed by atoms with van der Waals surface area (Å²) in [5, 5.41) is 16.5. The molecular formula is C25H28F3N5O5S. The van der Waals surface area contributed by atoms with Crippen molar-refractivity contribution in [1.29, 1.82) is 0 Å². The molecule has 0 unspecified atom stereocenters. The molecule has 0 aliphatic carbocycles. The molecule has 14 heteroatoms. The van der Waals surface area contributed by atoms with E-state index in [1.807, 2.05) is 6.92 Å². The first-order valence-corrected chi connectivity index (χ1v) is 13.2. The number of pyridine rings is 1. The average molecular weight is 568 g/mol. The number of rotatable bonds is 8. The second-order valence-corrected chi connectivity index (χ2v) is 10.0. The number of ether oxygens (including phenoxy) is 1. The van der Waals surface area contributed by atoms with E-state index in [-0.39, 0.29) is 28.5 Å². The van der Waals surface area contributed by atoms with Crippen LogP contribution in [0, 0.1) is 0 Å². The highest BCUT2D eigenvalue weighted by atomic mass is 32.1. The van der Waals surface area contributed by atoms with E-state index in [0.29, 0.717) is 48.6 Å². The lowest BCUT2D eigenvalue weighted by atomic mass is 10.0. The summed E-state index contributed by atoms with van der Waals surface area (Å²) in [6.07, 6.45) is -3.42. The molecule has 10 nitrogen and oxygen atoms in total. The SMILES string of the molecule is CCc1nc2c(cc1NC(=O)c1cccs1)c(OCC(F)(F)F)c(C(=O)NC1CCN(C(=O)CO)CC1)n2C. The molecule has 3 amide bonds. The molecule has 0 bridgehead atoms. The number of halogens is 3. The van der Waals surface area contributed by atoms with Gasteiger partial charge in [0.1, 0.15) is 12.3 Å². The van der Waals surface area contributed by atoms with Crippen LogP contribution in [-0.2, 0) is 18.3 Å². The zero-order chi connectivity index (χ0) is 28.3. The first kappa shape index (κ1) is 28.4. The van der Waals surface area contributed by atoms with Crippen LogP contribution in [0.4, 0.5) is 18.9 Å². The van der Waals surface area contributed by atoms with Gasteiger partial charge in [-0.05, 0) is 36.8 Å². The number of carbonyl (C=O) groups excluding carboxylic acids is 3. The largest absolute Gasteiger partial charge is 0.481 e. The third-order valence-corrected chi connectivity index (χ3v) is 7.30. The van der Waals surface area contributed by atoms with Crippen molar-refractivity contribution >= 4 is 45.8 Å². The average Bonchev–Trinajstić information content (AvgIpc) is 3.53. The Hall–Kier alpha value is -3.65. The van der Waals surface area contributed by atoms with Crippen LogP contribution >= 0.6 is 11.3 Å². The lowest BCUT2D eigenvalue weighted by molar-refractivity contribution is -0.153. The van der Waals surface area contributed by atoms with E-state index in [0.717, 1.165) is 0 Å². The van der Waals surface area contributed by atoms with Gasteiger partial charge in [0.15, 0.2) is 18.1 Å². The third-order valence-electron chi connectivity index (χ3n) is 6.44. The predicted molar refractivity (Wildman–Crippen MR) is 138 cm³/mol. The number of likely N-dealkylation sites (tertiary alicyclic amines) is 1. The van der Waals surface area contributed by atoms with Gasteiger partial charge in [0.2, 0.25) is 5.91 Å². The van der Waals surface area contributed by atoms with Crippen molar-refractivity contribution in [3.8, 4) is 5.75 Å². The fraction of sp³-hybridized carbons (Fsp3) is 0.440. The van der Waals surface area contributed by atoms with Crippen LogP contribution in [0.25, 0.3) is 11.0 Å². The quantitative estimate of drug-likeness (QED) is 0.384. The molecule has 0 saturated carbocycles. The minimum absolute atomic E-state index is 0.139. The molecule has 210 valence electrons. The van der Waals surface area contributed by atoms with Gasteiger partial charge in [0, 0.05) is 26.2 Å². The second-order valence-electron chi connectivity index (χ2n) is 9.07. The number of thiophene rings is 1. The van der Waals surface area contributed by atoms with Crippen LogP contribution in [0.1, 0.15) is 45.6 Å². The van der Waals surface area contributed by atoms with Crippen molar-refractivity contribution in [3.05, 3.63) is 39.8 Å². The van der Waals surface area contributed by atoms with Crippen LogP contribution in [0.15, 0.2) is 23.6 Å². The Balaban J connectivity index is 1.68. The fourth-order valence-electron chi connectivity index (χ4n) is 4.50. The fourth-order valence-corrected chi connectivity index (χ4v) is 5.12. The highest BCUT2D eigenvalue weighted by Gasteiger charge is 2.33. The number of aliphatic hydroxyl groups excluding tert-OH is 1. The Labute approximate surface area is 225 Å². The van der Waals surface area contributed by atoms with E-state index in [2.05, 4.69) is 15.6 Å². The summed E-state index contributed by atoms with van der Waals surface area (Å²) in [6, 6.07) is 4.51. The van der Waals surface area contributed by atoms with E-state index in [1.165, 1.54) is 33.9 Å². The molecule has 4 heterocycles. The van der Waals surface area contributed by atoms with Crippen LogP contribution in [0.2, 0.25) is 0 Å². The maximum atomic E-state index is 13.4. The standard InChI is InChI=1S/C25H28F3N5O5S/c1-3-16-17(31-23(36)18-5-4-10-39-18)11-15-21(38-13-25(26,27)28)20(32(2)22(15)30-16)24(37)29-14-6-8-33(9-7-14)19(35)12-34/h4-5,10-11,14,34H,3,6-9,12-13H2,1-2H3,(H,29,37)(H,31,36). The van der Waals surface area contributed by atoms with Gasteiger partial charge < -0.3 is 29.9 Å². The highest BCUT2D eigenvalue weighted by molar-refractivity contribution is 7.12. The predicted octanol–water partition coefficient (Wildman–Crippen LogP) is 3.10. The number of hydrogen-bond acceptors (Lipinski definition) is 7. The number of alkyl halides is 3. The Morgan fingerprint density at radius 3 is 2.54 bits per heavy atom. The number of amides is 3. The molecule has 4 rings (SSSR count). The number of nitrogens with one attached hydrogen (secondary N) is 2. The van der Waals surface area contributed by atoms with Gasteiger partial charge in [-0.3, -0.25) is 14.4 Å². The smallest absolute Gasteiger partial charge is 0.422 e. The van der Waals surface area contributed by atoms with E-state index in [9.17, 15) is 27.6 Å². The van der Waals surface area contributed by atoms with Crippen molar-refractivity contribution in [1.82, 2.24) is 19.8 Å². The second kappa shape index (κ2) is 11.6. The Morgan fingerprint density at radius 1 is 1.23 bits per heavy atom. The van der Waals surface area contributed by atoms with Crippen molar-refractivity contribution < 1.29 is 37.4 Å². The lowest BCUT2D eigenvalue weighted by Gasteiger charge is -2.32. The molecule has 39 heavy (non-hydrogen) atoms. The molecule has 1 fully saturated rings. The summed E-state index contributed by atoms with van der Waals surface area (Å²) >= 11 is 1.24. The molecule has 3 aromatic heterocycles. The van der Waals surface area contributed by atoms with E-state index in [4.69, 9.17) is 9.84 Å². The van der Waals surface area contributed by atoms with Crippen LogP contribution < -0.4 is 15.4 Å². The maximum Gasteiger partial charge on any atom is 0.422 e. The molecule has 1 aliphatic heterocycles. The molecule has 0 radical (unpaired) electrons. The molecule has 0 aromatic carbocycles. The van der Waals surface area contributed by atoms with Crippen LogP contribution in [-0.4, -0.2) is 75.8 Å².